The molecule has 1 heterocycles. The van der Waals surface area contributed by atoms with E-state index in [0.29, 0.717) is 10.8 Å². The molecule has 0 spiro atoms. The molecular formula is C24H26O2S2. The number of esters is 1. The third kappa shape index (κ3) is 5.27. The van der Waals surface area contributed by atoms with Gasteiger partial charge >= 0.3 is 5.97 Å². The highest BCUT2D eigenvalue weighted by molar-refractivity contribution is 8.00. The maximum absolute atomic E-state index is 11.8. The van der Waals surface area contributed by atoms with Crippen LogP contribution < -0.4 is 0 Å². The van der Waals surface area contributed by atoms with Gasteiger partial charge in [-0.15, -0.1) is 23.1 Å². The summed E-state index contributed by atoms with van der Waals surface area (Å²) in [6.45, 7) is 11.4. The lowest BCUT2D eigenvalue weighted by Gasteiger charge is -2.28. The highest BCUT2D eigenvalue weighted by atomic mass is 32.2. The summed E-state index contributed by atoms with van der Waals surface area (Å²) in [7, 11) is 0. The first-order chi connectivity index (χ1) is 13.2. The number of hydrogen-bond acceptors (Lipinski definition) is 4. The first kappa shape index (κ1) is 20.7. The second-order valence-corrected chi connectivity index (χ2v) is 10.3. The Morgan fingerprint density at radius 2 is 1.89 bits per heavy atom. The fourth-order valence-electron chi connectivity index (χ4n) is 3.18. The van der Waals surface area contributed by atoms with Crippen molar-refractivity contribution >= 4 is 39.2 Å². The van der Waals surface area contributed by atoms with Crippen LogP contribution in [0.2, 0.25) is 0 Å². The summed E-state index contributed by atoms with van der Waals surface area (Å²) in [6.07, 6.45) is 0.772. The fourth-order valence-corrected chi connectivity index (χ4v) is 5.64. The van der Waals surface area contributed by atoms with Crippen molar-refractivity contribution in [1.29, 1.82) is 0 Å². The topological polar surface area (TPSA) is 26.3 Å². The summed E-state index contributed by atoms with van der Waals surface area (Å²) in [6, 6.07) is 19.4. The molecule has 28 heavy (non-hydrogen) atoms. The van der Waals surface area contributed by atoms with Crippen molar-refractivity contribution in [2.75, 3.05) is 0 Å². The molecule has 0 saturated carbocycles. The van der Waals surface area contributed by atoms with Crippen LogP contribution in [0.5, 0.6) is 0 Å². The van der Waals surface area contributed by atoms with Crippen molar-refractivity contribution in [2.45, 2.75) is 49.9 Å². The van der Waals surface area contributed by atoms with E-state index < -0.39 is 5.60 Å². The van der Waals surface area contributed by atoms with Crippen LogP contribution in [0, 0.1) is 0 Å². The average Bonchev–Trinajstić information content (AvgIpc) is 3.04. The molecule has 2 nitrogen and oxygen atoms in total. The Balaban J connectivity index is 1.70. The number of fused-ring (bicyclic) bond motifs is 1. The van der Waals surface area contributed by atoms with Gasteiger partial charge in [-0.3, -0.25) is 0 Å². The predicted molar refractivity (Wildman–Crippen MR) is 122 cm³/mol. The van der Waals surface area contributed by atoms with Crippen molar-refractivity contribution in [2.24, 2.45) is 0 Å². The van der Waals surface area contributed by atoms with E-state index in [2.05, 4.69) is 62.0 Å². The van der Waals surface area contributed by atoms with Gasteiger partial charge in [-0.25, -0.2) is 4.79 Å². The number of carbonyl (C=O) groups is 1. The molecule has 0 aliphatic rings. The molecular weight excluding hydrogens is 384 g/mol. The van der Waals surface area contributed by atoms with Gasteiger partial charge in [0.2, 0.25) is 0 Å². The maximum Gasteiger partial charge on any atom is 0.333 e. The molecule has 2 aromatic carbocycles. The van der Waals surface area contributed by atoms with E-state index in [9.17, 15) is 4.79 Å². The van der Waals surface area contributed by atoms with E-state index in [-0.39, 0.29) is 5.97 Å². The molecule has 0 aliphatic carbocycles. The van der Waals surface area contributed by atoms with Gasteiger partial charge in [0.05, 0.1) is 0 Å². The van der Waals surface area contributed by atoms with Gasteiger partial charge in [-0.2, -0.15) is 0 Å². The van der Waals surface area contributed by atoms with E-state index in [4.69, 9.17) is 4.74 Å². The zero-order chi connectivity index (χ0) is 20.3. The van der Waals surface area contributed by atoms with Crippen molar-refractivity contribution in [1.82, 2.24) is 0 Å². The third-order valence-electron chi connectivity index (χ3n) is 4.38. The van der Waals surface area contributed by atoms with Crippen molar-refractivity contribution < 1.29 is 9.53 Å². The Hall–Kier alpha value is -2.04. The summed E-state index contributed by atoms with van der Waals surface area (Å²) in [5.41, 5.74) is 1.17. The molecule has 0 bridgehead atoms. The number of hydrogen-bond donors (Lipinski definition) is 0. The standard InChI is InChI=1S/C24H26O2S2/c1-16(2)23(25)26-24(4,5)15-17(3)27-20-12-11-19-13-21(28-22(19)14-20)18-9-7-6-8-10-18/h6-14,17H,1,15H2,2-5H3. The second kappa shape index (κ2) is 8.54. The minimum atomic E-state index is -0.518. The molecule has 1 unspecified atom stereocenters. The van der Waals surface area contributed by atoms with Crippen LogP contribution in [0.3, 0.4) is 0 Å². The molecule has 146 valence electrons. The Morgan fingerprint density at radius 1 is 1.18 bits per heavy atom. The maximum atomic E-state index is 11.8. The number of ether oxygens (including phenoxy) is 1. The number of thiophene rings is 1. The highest BCUT2D eigenvalue weighted by Gasteiger charge is 2.26. The average molecular weight is 411 g/mol. The van der Waals surface area contributed by atoms with E-state index >= 15 is 0 Å². The van der Waals surface area contributed by atoms with Crippen LogP contribution in [0.1, 0.15) is 34.1 Å². The quantitative estimate of drug-likeness (QED) is 0.232. The summed E-state index contributed by atoms with van der Waals surface area (Å²) >= 11 is 3.64. The van der Waals surface area contributed by atoms with E-state index in [1.165, 1.54) is 25.4 Å². The van der Waals surface area contributed by atoms with Gasteiger partial charge in [0.15, 0.2) is 0 Å². The molecule has 0 aliphatic heterocycles. The SMILES string of the molecule is C=C(C)C(=O)OC(C)(C)CC(C)Sc1ccc2cc(-c3ccccc3)sc2c1. The van der Waals surface area contributed by atoms with E-state index in [1.54, 1.807) is 6.92 Å². The number of carbonyl (C=O) groups excluding carboxylic acids is 1. The number of thioether (sulfide) groups is 1. The van der Waals surface area contributed by atoms with Crippen LogP contribution in [-0.4, -0.2) is 16.8 Å². The molecule has 4 heteroatoms. The van der Waals surface area contributed by atoms with Gasteiger partial charge in [0, 0.05) is 25.3 Å². The van der Waals surface area contributed by atoms with Gasteiger partial charge in [0.1, 0.15) is 5.60 Å². The molecule has 1 aromatic heterocycles. The van der Waals surface area contributed by atoms with Gasteiger partial charge in [-0.1, -0.05) is 49.9 Å². The van der Waals surface area contributed by atoms with Crippen molar-refractivity contribution in [3.63, 3.8) is 0 Å². The fraction of sp³-hybridized carbons (Fsp3) is 0.292. The van der Waals surface area contributed by atoms with Crippen LogP contribution in [0.4, 0.5) is 0 Å². The zero-order valence-electron chi connectivity index (χ0n) is 16.8. The number of rotatable bonds is 7. The Labute approximate surface area is 175 Å². The Kier molecular flexibility index (Phi) is 6.31. The molecule has 0 amide bonds. The minimum absolute atomic E-state index is 0.318. The molecule has 0 saturated heterocycles. The van der Waals surface area contributed by atoms with Gasteiger partial charge < -0.3 is 4.74 Å². The smallest absolute Gasteiger partial charge is 0.333 e. The highest BCUT2D eigenvalue weighted by Crippen LogP contribution is 2.37. The second-order valence-electron chi connectivity index (χ2n) is 7.74. The molecule has 0 fully saturated rings. The van der Waals surface area contributed by atoms with Crippen LogP contribution in [0.25, 0.3) is 20.5 Å². The third-order valence-corrected chi connectivity index (χ3v) is 6.63. The van der Waals surface area contributed by atoms with Crippen LogP contribution in [0.15, 0.2) is 71.6 Å². The van der Waals surface area contributed by atoms with Crippen molar-refractivity contribution in [3.05, 3.63) is 66.7 Å². The molecule has 0 radical (unpaired) electrons. The lowest BCUT2D eigenvalue weighted by atomic mass is 10.0. The monoisotopic (exact) mass is 410 g/mol. The summed E-state index contributed by atoms with van der Waals surface area (Å²) in [5.74, 6) is -0.323. The lowest BCUT2D eigenvalue weighted by molar-refractivity contribution is -0.151. The molecule has 3 aromatic rings. The Bertz CT molecular complexity index is 986. The first-order valence-corrected chi connectivity index (χ1v) is 11.1. The number of benzene rings is 2. The van der Waals surface area contributed by atoms with Crippen LogP contribution in [-0.2, 0) is 9.53 Å². The molecule has 1 atom stereocenters. The largest absolute Gasteiger partial charge is 0.456 e. The van der Waals surface area contributed by atoms with E-state index in [1.807, 2.05) is 43.0 Å². The summed E-state index contributed by atoms with van der Waals surface area (Å²) in [4.78, 5) is 14.4. The summed E-state index contributed by atoms with van der Waals surface area (Å²) in [5, 5.41) is 1.59. The van der Waals surface area contributed by atoms with Crippen molar-refractivity contribution in [3.8, 4) is 10.4 Å². The van der Waals surface area contributed by atoms with Gasteiger partial charge in [0.25, 0.3) is 0 Å². The Morgan fingerprint density at radius 3 is 2.57 bits per heavy atom. The molecule has 0 N–H and O–H groups in total. The van der Waals surface area contributed by atoms with Crippen LogP contribution >= 0.6 is 23.1 Å². The predicted octanol–water partition coefficient (Wildman–Crippen LogP) is 7.34. The minimum Gasteiger partial charge on any atom is -0.456 e. The molecule has 3 rings (SSSR count). The summed E-state index contributed by atoms with van der Waals surface area (Å²) < 4.78 is 6.88. The van der Waals surface area contributed by atoms with E-state index in [0.717, 1.165) is 6.42 Å². The zero-order valence-corrected chi connectivity index (χ0v) is 18.5. The van der Waals surface area contributed by atoms with Gasteiger partial charge in [-0.05, 0) is 56.3 Å². The lowest BCUT2D eigenvalue weighted by Crippen LogP contribution is -2.31. The normalized spacial score (nSPS) is 12.7. The first-order valence-electron chi connectivity index (χ1n) is 9.38.